The molecule has 1 aromatic rings. The summed E-state index contributed by atoms with van der Waals surface area (Å²) in [6, 6.07) is 6.63. The third-order valence-electron chi connectivity index (χ3n) is 3.50. The number of halogens is 1. The lowest BCUT2D eigenvalue weighted by Crippen LogP contribution is -2.34. The van der Waals surface area contributed by atoms with Crippen molar-refractivity contribution >= 4 is 31.9 Å². The summed E-state index contributed by atoms with van der Waals surface area (Å²) in [5, 5.41) is 2.83. The first-order valence-corrected chi connectivity index (χ1v) is 9.22. The Morgan fingerprint density at radius 3 is 2.90 bits per heavy atom. The van der Waals surface area contributed by atoms with Crippen molar-refractivity contribution < 1.29 is 13.2 Å². The van der Waals surface area contributed by atoms with Crippen LogP contribution < -0.4 is 5.32 Å². The van der Waals surface area contributed by atoms with Gasteiger partial charge >= 0.3 is 0 Å². The van der Waals surface area contributed by atoms with Crippen LogP contribution in [0.3, 0.4) is 0 Å². The van der Waals surface area contributed by atoms with Crippen LogP contribution in [-0.4, -0.2) is 38.3 Å². The van der Waals surface area contributed by atoms with Gasteiger partial charge in [-0.2, -0.15) is 4.31 Å². The van der Waals surface area contributed by atoms with Crippen LogP contribution in [0.4, 0.5) is 0 Å². The van der Waals surface area contributed by atoms with Gasteiger partial charge in [0.25, 0.3) is 0 Å². The number of rotatable bonds is 5. The van der Waals surface area contributed by atoms with Gasteiger partial charge in [0.1, 0.15) is 0 Å². The minimum absolute atomic E-state index is 0.0520. The standard InChI is InChI=1S/C14H19BrN2O3S/c1-2-7-16-14(18)11-6-8-17(10-11)21(19,20)13-5-3-4-12(15)9-13/h3-5,9,11H,2,6-8,10H2,1H3,(H,16,18). The molecule has 116 valence electrons. The molecule has 0 spiro atoms. The summed E-state index contributed by atoms with van der Waals surface area (Å²) in [6.07, 6.45) is 1.45. The largest absolute Gasteiger partial charge is 0.356 e. The molecule has 0 bridgehead atoms. The molecular weight excluding hydrogens is 356 g/mol. The third kappa shape index (κ3) is 3.84. The predicted octanol–water partition coefficient (Wildman–Crippen LogP) is 1.99. The lowest BCUT2D eigenvalue weighted by molar-refractivity contribution is -0.124. The zero-order valence-corrected chi connectivity index (χ0v) is 14.3. The maximum absolute atomic E-state index is 12.5. The first-order chi connectivity index (χ1) is 9.95. The zero-order chi connectivity index (χ0) is 15.5. The van der Waals surface area contributed by atoms with Gasteiger partial charge in [0, 0.05) is 24.1 Å². The quantitative estimate of drug-likeness (QED) is 0.856. The van der Waals surface area contributed by atoms with E-state index in [0.29, 0.717) is 19.5 Å². The van der Waals surface area contributed by atoms with Crippen molar-refractivity contribution in [2.24, 2.45) is 5.92 Å². The maximum atomic E-state index is 12.5. The molecule has 0 aromatic heterocycles. The van der Waals surface area contributed by atoms with E-state index in [-0.39, 0.29) is 23.3 Å². The molecule has 1 atom stereocenters. The van der Waals surface area contributed by atoms with Crippen molar-refractivity contribution in [3.8, 4) is 0 Å². The van der Waals surface area contributed by atoms with Crippen molar-refractivity contribution in [2.75, 3.05) is 19.6 Å². The molecule has 21 heavy (non-hydrogen) atoms. The van der Waals surface area contributed by atoms with Crippen molar-refractivity contribution in [1.82, 2.24) is 9.62 Å². The lowest BCUT2D eigenvalue weighted by Gasteiger charge is -2.16. The summed E-state index contributed by atoms with van der Waals surface area (Å²) in [7, 11) is -3.52. The molecule has 0 aliphatic carbocycles. The average Bonchev–Trinajstić information content (AvgIpc) is 2.95. The van der Waals surface area contributed by atoms with Crippen molar-refractivity contribution in [2.45, 2.75) is 24.7 Å². The van der Waals surface area contributed by atoms with Crippen LogP contribution in [0.25, 0.3) is 0 Å². The first-order valence-electron chi connectivity index (χ1n) is 6.98. The summed E-state index contributed by atoms with van der Waals surface area (Å²) in [5.41, 5.74) is 0. The fraction of sp³-hybridized carbons (Fsp3) is 0.500. The summed E-state index contributed by atoms with van der Waals surface area (Å²) < 4.78 is 27.2. The molecule has 1 N–H and O–H groups in total. The molecule has 1 fully saturated rings. The molecule has 1 aliphatic heterocycles. The molecule has 2 rings (SSSR count). The van der Waals surface area contributed by atoms with Crippen molar-refractivity contribution in [1.29, 1.82) is 0 Å². The molecule has 1 heterocycles. The molecular formula is C14H19BrN2O3S. The van der Waals surface area contributed by atoms with E-state index in [4.69, 9.17) is 0 Å². The van der Waals surface area contributed by atoms with Crippen LogP contribution in [0.2, 0.25) is 0 Å². The van der Waals surface area contributed by atoms with Gasteiger partial charge in [-0.15, -0.1) is 0 Å². The van der Waals surface area contributed by atoms with Gasteiger partial charge in [-0.3, -0.25) is 4.79 Å². The highest BCUT2D eigenvalue weighted by Crippen LogP contribution is 2.26. The Kier molecular flexibility index (Phi) is 5.40. The normalized spacial score (nSPS) is 19.6. The van der Waals surface area contributed by atoms with Crippen LogP contribution in [0.15, 0.2) is 33.6 Å². The van der Waals surface area contributed by atoms with Crippen LogP contribution >= 0.6 is 15.9 Å². The molecule has 1 aromatic carbocycles. The smallest absolute Gasteiger partial charge is 0.243 e. The Balaban J connectivity index is 2.08. The van der Waals surface area contributed by atoms with Crippen molar-refractivity contribution in [3.05, 3.63) is 28.7 Å². The molecule has 1 unspecified atom stereocenters. The summed E-state index contributed by atoms with van der Waals surface area (Å²) in [5.74, 6) is -0.303. The number of sulfonamides is 1. The van der Waals surface area contributed by atoms with Gasteiger partial charge in [0.05, 0.1) is 10.8 Å². The van der Waals surface area contributed by atoms with E-state index >= 15 is 0 Å². The van der Waals surface area contributed by atoms with E-state index in [1.807, 2.05) is 6.92 Å². The lowest BCUT2D eigenvalue weighted by atomic mass is 10.1. The Morgan fingerprint density at radius 2 is 2.24 bits per heavy atom. The van der Waals surface area contributed by atoms with E-state index < -0.39 is 10.0 Å². The number of nitrogens with zero attached hydrogens (tertiary/aromatic N) is 1. The molecule has 7 heteroatoms. The summed E-state index contributed by atoms with van der Waals surface area (Å²) in [6.45, 7) is 3.26. The predicted molar refractivity (Wildman–Crippen MR) is 84.3 cm³/mol. The van der Waals surface area contributed by atoms with E-state index in [2.05, 4.69) is 21.2 Å². The van der Waals surface area contributed by atoms with E-state index in [1.165, 1.54) is 4.31 Å². The number of nitrogens with one attached hydrogen (secondary N) is 1. The fourth-order valence-corrected chi connectivity index (χ4v) is 4.43. The van der Waals surface area contributed by atoms with E-state index in [1.54, 1.807) is 24.3 Å². The number of amides is 1. The van der Waals surface area contributed by atoms with Crippen LogP contribution in [-0.2, 0) is 14.8 Å². The minimum Gasteiger partial charge on any atom is -0.356 e. The highest BCUT2D eigenvalue weighted by atomic mass is 79.9. The topological polar surface area (TPSA) is 66.5 Å². The number of hydrogen-bond donors (Lipinski definition) is 1. The van der Waals surface area contributed by atoms with Crippen LogP contribution in [0.5, 0.6) is 0 Å². The van der Waals surface area contributed by atoms with Gasteiger partial charge < -0.3 is 5.32 Å². The van der Waals surface area contributed by atoms with E-state index in [9.17, 15) is 13.2 Å². The Morgan fingerprint density at radius 1 is 1.48 bits per heavy atom. The maximum Gasteiger partial charge on any atom is 0.243 e. The second-order valence-electron chi connectivity index (χ2n) is 5.10. The molecule has 5 nitrogen and oxygen atoms in total. The minimum atomic E-state index is -3.52. The second-order valence-corrected chi connectivity index (χ2v) is 7.95. The fourth-order valence-electron chi connectivity index (χ4n) is 2.33. The second kappa shape index (κ2) is 6.89. The van der Waals surface area contributed by atoms with Gasteiger partial charge in [0.15, 0.2) is 0 Å². The summed E-state index contributed by atoms with van der Waals surface area (Å²) >= 11 is 3.28. The number of benzene rings is 1. The number of carbonyl (C=O) groups excluding carboxylic acids is 1. The Bertz CT molecular complexity index is 618. The molecule has 1 aliphatic rings. The van der Waals surface area contributed by atoms with Gasteiger partial charge in [-0.1, -0.05) is 28.9 Å². The van der Waals surface area contributed by atoms with Crippen LogP contribution in [0.1, 0.15) is 19.8 Å². The molecule has 0 radical (unpaired) electrons. The highest BCUT2D eigenvalue weighted by molar-refractivity contribution is 9.10. The van der Waals surface area contributed by atoms with Gasteiger partial charge in [0.2, 0.25) is 15.9 Å². The first kappa shape index (κ1) is 16.5. The Hall–Kier alpha value is -0.920. The number of hydrogen-bond acceptors (Lipinski definition) is 3. The van der Waals surface area contributed by atoms with Gasteiger partial charge in [-0.05, 0) is 31.0 Å². The molecule has 0 saturated carbocycles. The van der Waals surface area contributed by atoms with Gasteiger partial charge in [-0.25, -0.2) is 8.42 Å². The number of carbonyl (C=O) groups is 1. The third-order valence-corrected chi connectivity index (χ3v) is 5.86. The SMILES string of the molecule is CCCNC(=O)C1CCN(S(=O)(=O)c2cccc(Br)c2)C1. The van der Waals surface area contributed by atoms with Crippen molar-refractivity contribution in [3.63, 3.8) is 0 Å². The monoisotopic (exact) mass is 374 g/mol. The Labute approximate surface area is 133 Å². The average molecular weight is 375 g/mol. The highest BCUT2D eigenvalue weighted by Gasteiger charge is 2.35. The molecule has 1 amide bonds. The summed E-state index contributed by atoms with van der Waals surface area (Å²) in [4.78, 5) is 12.2. The zero-order valence-electron chi connectivity index (χ0n) is 11.9. The van der Waals surface area contributed by atoms with E-state index in [0.717, 1.165) is 10.9 Å². The molecule has 1 saturated heterocycles. The van der Waals surface area contributed by atoms with Crippen LogP contribution in [0, 0.1) is 5.92 Å².